The Kier molecular flexibility index (Phi) is 5.83. The zero-order valence-electron chi connectivity index (χ0n) is 15.1. The molecule has 1 atom stereocenters. The van der Waals surface area contributed by atoms with E-state index in [1.807, 2.05) is 40.1 Å². The van der Waals surface area contributed by atoms with Crippen molar-refractivity contribution in [3.63, 3.8) is 0 Å². The number of fused-ring (bicyclic) bond motifs is 1. The molecule has 0 aliphatic carbocycles. The van der Waals surface area contributed by atoms with Crippen LogP contribution in [-0.4, -0.2) is 50.0 Å². The molecule has 0 aromatic heterocycles. The third kappa shape index (κ3) is 4.26. The molecule has 1 aromatic rings. The number of carbonyl (C=O) groups is 2. The van der Waals surface area contributed by atoms with Crippen LogP contribution in [0.15, 0.2) is 18.2 Å². The average molecular weight is 333 g/mol. The lowest BCUT2D eigenvalue weighted by molar-refractivity contribution is -0.125. The van der Waals surface area contributed by atoms with Gasteiger partial charge in [-0.05, 0) is 52.2 Å². The molecule has 0 bridgehead atoms. The number of amides is 2. The first kappa shape index (κ1) is 18.3. The van der Waals surface area contributed by atoms with Crippen LogP contribution >= 0.6 is 0 Å². The Morgan fingerprint density at radius 3 is 2.71 bits per heavy atom. The number of nitrogens with zero attached hydrogens (tertiary/aromatic N) is 2. The summed E-state index contributed by atoms with van der Waals surface area (Å²) in [5.74, 6) is 0.476. The molecule has 2 amide bonds. The summed E-state index contributed by atoms with van der Waals surface area (Å²) in [5.41, 5.74) is 1.40. The van der Waals surface area contributed by atoms with Gasteiger partial charge in [-0.2, -0.15) is 0 Å². The summed E-state index contributed by atoms with van der Waals surface area (Å²) in [6.45, 7) is 6.97. The van der Waals surface area contributed by atoms with E-state index in [1.54, 1.807) is 17.9 Å². The molecule has 0 fully saturated rings. The number of ether oxygens (including phenoxy) is 1. The molecule has 6 heteroatoms. The molecular weight excluding hydrogens is 306 g/mol. The second kappa shape index (κ2) is 7.66. The van der Waals surface area contributed by atoms with Gasteiger partial charge < -0.3 is 19.9 Å². The molecule has 0 radical (unpaired) electrons. The van der Waals surface area contributed by atoms with Crippen molar-refractivity contribution in [1.82, 2.24) is 4.90 Å². The van der Waals surface area contributed by atoms with E-state index < -0.39 is 6.10 Å². The van der Waals surface area contributed by atoms with Crippen molar-refractivity contribution in [2.75, 3.05) is 37.4 Å². The summed E-state index contributed by atoms with van der Waals surface area (Å²) in [4.78, 5) is 28.3. The maximum Gasteiger partial charge on any atom is 0.267 e. The molecular formula is C18H27N3O3. The molecule has 0 spiro atoms. The number of hydrogen-bond acceptors (Lipinski definition) is 4. The van der Waals surface area contributed by atoms with Crippen molar-refractivity contribution >= 4 is 23.2 Å². The third-order valence-corrected chi connectivity index (χ3v) is 3.95. The number of rotatable bonds is 6. The largest absolute Gasteiger partial charge is 0.479 e. The number of benzene rings is 1. The average Bonchev–Trinajstić information content (AvgIpc) is 2.51. The third-order valence-electron chi connectivity index (χ3n) is 3.95. The molecule has 0 saturated heterocycles. The molecule has 1 aliphatic rings. The molecule has 0 saturated carbocycles. The SMILES string of the molecule is CC(C)C(=O)Nc1ccc2c(c1)N(CCCN(C)C)C(=O)C(C)O2. The van der Waals surface area contributed by atoms with Crippen LogP contribution in [0.1, 0.15) is 27.2 Å². The second-order valence-electron chi connectivity index (χ2n) is 6.73. The van der Waals surface area contributed by atoms with Crippen LogP contribution in [0.4, 0.5) is 11.4 Å². The molecule has 1 aromatic carbocycles. The highest BCUT2D eigenvalue weighted by Crippen LogP contribution is 2.36. The maximum absolute atomic E-state index is 12.5. The standard InChI is InChI=1S/C18H27N3O3/c1-12(2)17(22)19-14-7-8-16-15(11-14)21(10-6-9-20(4)5)18(23)13(3)24-16/h7-8,11-13H,6,9-10H2,1-5H3,(H,19,22). The van der Waals surface area contributed by atoms with E-state index in [-0.39, 0.29) is 17.7 Å². The van der Waals surface area contributed by atoms with Gasteiger partial charge in [0.1, 0.15) is 5.75 Å². The zero-order chi connectivity index (χ0) is 17.9. The fraction of sp³-hybridized carbons (Fsp3) is 0.556. The molecule has 24 heavy (non-hydrogen) atoms. The topological polar surface area (TPSA) is 61.9 Å². The van der Waals surface area contributed by atoms with Crippen molar-refractivity contribution in [3.8, 4) is 5.75 Å². The van der Waals surface area contributed by atoms with Crippen molar-refractivity contribution in [2.45, 2.75) is 33.3 Å². The smallest absolute Gasteiger partial charge is 0.267 e. The Bertz CT molecular complexity index is 614. The van der Waals surface area contributed by atoms with E-state index in [0.717, 1.165) is 18.7 Å². The van der Waals surface area contributed by atoms with E-state index in [0.29, 0.717) is 18.0 Å². The first-order valence-corrected chi connectivity index (χ1v) is 8.37. The van der Waals surface area contributed by atoms with Crippen LogP contribution in [0.3, 0.4) is 0 Å². The van der Waals surface area contributed by atoms with Gasteiger partial charge in [0, 0.05) is 18.2 Å². The fourth-order valence-corrected chi connectivity index (χ4v) is 2.55. The Balaban J connectivity index is 2.23. The van der Waals surface area contributed by atoms with Gasteiger partial charge in [0.2, 0.25) is 5.91 Å². The van der Waals surface area contributed by atoms with Crippen LogP contribution in [0.25, 0.3) is 0 Å². The lowest BCUT2D eigenvalue weighted by atomic mass is 10.1. The van der Waals surface area contributed by atoms with Crippen molar-refractivity contribution in [3.05, 3.63) is 18.2 Å². The van der Waals surface area contributed by atoms with Crippen molar-refractivity contribution in [2.24, 2.45) is 5.92 Å². The molecule has 2 rings (SSSR count). The summed E-state index contributed by atoms with van der Waals surface area (Å²) < 4.78 is 5.69. The summed E-state index contributed by atoms with van der Waals surface area (Å²) in [6.07, 6.45) is 0.376. The van der Waals surface area contributed by atoms with Gasteiger partial charge in [0.25, 0.3) is 5.91 Å². The zero-order valence-corrected chi connectivity index (χ0v) is 15.1. The first-order valence-electron chi connectivity index (χ1n) is 8.37. The minimum atomic E-state index is -0.493. The van der Waals surface area contributed by atoms with E-state index in [4.69, 9.17) is 4.74 Å². The van der Waals surface area contributed by atoms with E-state index in [1.165, 1.54) is 0 Å². The highest BCUT2D eigenvalue weighted by molar-refractivity contribution is 6.01. The normalized spacial score (nSPS) is 17.0. The number of anilines is 2. The van der Waals surface area contributed by atoms with Gasteiger partial charge >= 0.3 is 0 Å². The van der Waals surface area contributed by atoms with Crippen molar-refractivity contribution in [1.29, 1.82) is 0 Å². The van der Waals surface area contributed by atoms with Gasteiger partial charge in [0.15, 0.2) is 6.10 Å². The fourth-order valence-electron chi connectivity index (χ4n) is 2.55. The van der Waals surface area contributed by atoms with E-state index >= 15 is 0 Å². The maximum atomic E-state index is 12.5. The summed E-state index contributed by atoms with van der Waals surface area (Å²) in [5, 5.41) is 2.87. The van der Waals surface area contributed by atoms with Crippen LogP contribution in [-0.2, 0) is 9.59 Å². The van der Waals surface area contributed by atoms with Crippen LogP contribution in [0.5, 0.6) is 5.75 Å². The lowest BCUT2D eigenvalue weighted by Crippen LogP contribution is -2.45. The monoisotopic (exact) mass is 333 g/mol. The quantitative estimate of drug-likeness (QED) is 0.868. The van der Waals surface area contributed by atoms with E-state index in [2.05, 4.69) is 10.2 Å². The van der Waals surface area contributed by atoms with Gasteiger partial charge in [-0.15, -0.1) is 0 Å². The van der Waals surface area contributed by atoms with Crippen LogP contribution in [0, 0.1) is 5.92 Å². The van der Waals surface area contributed by atoms with Gasteiger partial charge in [-0.1, -0.05) is 13.8 Å². The van der Waals surface area contributed by atoms with Crippen molar-refractivity contribution < 1.29 is 14.3 Å². The van der Waals surface area contributed by atoms with Crippen LogP contribution < -0.4 is 15.0 Å². The summed E-state index contributed by atoms with van der Waals surface area (Å²) in [7, 11) is 4.02. The Hall–Kier alpha value is -2.08. The molecule has 1 aliphatic heterocycles. The summed E-state index contributed by atoms with van der Waals surface area (Å²) >= 11 is 0. The predicted molar refractivity (Wildman–Crippen MR) is 95.5 cm³/mol. The van der Waals surface area contributed by atoms with Gasteiger partial charge in [-0.3, -0.25) is 9.59 Å². The lowest BCUT2D eigenvalue weighted by Gasteiger charge is -2.33. The highest BCUT2D eigenvalue weighted by atomic mass is 16.5. The Morgan fingerprint density at radius 1 is 1.38 bits per heavy atom. The first-order chi connectivity index (χ1) is 11.3. The minimum absolute atomic E-state index is 0.0476. The molecule has 6 nitrogen and oxygen atoms in total. The number of hydrogen-bond donors (Lipinski definition) is 1. The summed E-state index contributed by atoms with van der Waals surface area (Å²) in [6, 6.07) is 5.43. The molecule has 1 heterocycles. The second-order valence-corrected chi connectivity index (χ2v) is 6.73. The Labute approximate surface area is 143 Å². The van der Waals surface area contributed by atoms with Gasteiger partial charge in [0.05, 0.1) is 5.69 Å². The Morgan fingerprint density at radius 2 is 2.08 bits per heavy atom. The molecule has 1 unspecified atom stereocenters. The van der Waals surface area contributed by atoms with Gasteiger partial charge in [-0.25, -0.2) is 0 Å². The van der Waals surface area contributed by atoms with E-state index in [9.17, 15) is 9.59 Å². The highest BCUT2D eigenvalue weighted by Gasteiger charge is 2.31. The molecule has 132 valence electrons. The number of nitrogens with one attached hydrogen (secondary N) is 1. The number of carbonyl (C=O) groups excluding carboxylic acids is 2. The minimum Gasteiger partial charge on any atom is -0.479 e. The molecule has 1 N–H and O–H groups in total. The predicted octanol–water partition coefficient (Wildman–Crippen LogP) is 2.35. The van der Waals surface area contributed by atoms with Crippen LogP contribution in [0.2, 0.25) is 0 Å².